The molecule has 0 unspecified atom stereocenters. The molecule has 92 valence electrons. The van der Waals surface area contributed by atoms with Crippen LogP contribution in [0.25, 0.3) is 5.65 Å². The van der Waals surface area contributed by atoms with Crippen LogP contribution in [0.3, 0.4) is 0 Å². The van der Waals surface area contributed by atoms with Crippen molar-refractivity contribution in [1.82, 2.24) is 14.6 Å². The van der Waals surface area contributed by atoms with E-state index < -0.39 is 0 Å². The highest BCUT2D eigenvalue weighted by Crippen LogP contribution is 2.15. The van der Waals surface area contributed by atoms with Crippen LogP contribution < -0.4 is 0 Å². The Kier molecular flexibility index (Phi) is 3.02. The molecule has 2 aromatic heterocycles. The fourth-order valence-corrected chi connectivity index (χ4v) is 2.40. The summed E-state index contributed by atoms with van der Waals surface area (Å²) in [5.41, 5.74) is 2.50. The van der Waals surface area contributed by atoms with E-state index in [9.17, 15) is 0 Å². The van der Waals surface area contributed by atoms with Crippen LogP contribution in [0.5, 0.6) is 0 Å². The van der Waals surface area contributed by atoms with Crippen LogP contribution in [0.4, 0.5) is 0 Å². The minimum Gasteiger partial charge on any atom is -0.285 e. The monoisotopic (exact) mass is 312 g/mol. The lowest BCUT2D eigenvalue weighted by molar-refractivity contribution is 0.933. The standard InChI is InChI=1S/C14H9BrN4/c15-12-3-1-2-10(6-12)7-14-18-17-13-5-4-11(8-16)9-19(13)14/h1-6,9H,7H2. The van der Waals surface area contributed by atoms with E-state index in [0.717, 1.165) is 21.5 Å². The maximum Gasteiger partial charge on any atom is 0.160 e. The van der Waals surface area contributed by atoms with Crippen molar-refractivity contribution in [1.29, 1.82) is 5.26 Å². The number of pyridine rings is 1. The van der Waals surface area contributed by atoms with E-state index in [2.05, 4.69) is 38.3 Å². The Labute approximate surface area is 118 Å². The van der Waals surface area contributed by atoms with Crippen LogP contribution in [0, 0.1) is 11.3 Å². The first-order chi connectivity index (χ1) is 9.26. The molecule has 0 aliphatic heterocycles. The molecule has 0 fully saturated rings. The van der Waals surface area contributed by atoms with Crippen LogP contribution in [0.1, 0.15) is 17.0 Å². The third-order valence-electron chi connectivity index (χ3n) is 2.85. The number of nitriles is 1. The molecule has 0 saturated heterocycles. The van der Waals surface area contributed by atoms with E-state index >= 15 is 0 Å². The van der Waals surface area contributed by atoms with Gasteiger partial charge >= 0.3 is 0 Å². The van der Waals surface area contributed by atoms with Crippen molar-refractivity contribution in [3.8, 4) is 6.07 Å². The summed E-state index contributed by atoms with van der Waals surface area (Å²) in [6, 6.07) is 13.7. The van der Waals surface area contributed by atoms with Gasteiger partial charge in [0.15, 0.2) is 5.65 Å². The van der Waals surface area contributed by atoms with Gasteiger partial charge in [-0.05, 0) is 29.8 Å². The van der Waals surface area contributed by atoms with Crippen LogP contribution in [-0.4, -0.2) is 14.6 Å². The zero-order chi connectivity index (χ0) is 13.2. The number of fused-ring (bicyclic) bond motifs is 1. The van der Waals surface area contributed by atoms with Crippen LogP contribution >= 0.6 is 15.9 Å². The maximum absolute atomic E-state index is 8.94. The highest BCUT2D eigenvalue weighted by Gasteiger charge is 2.07. The summed E-state index contributed by atoms with van der Waals surface area (Å²) in [6.45, 7) is 0. The van der Waals surface area contributed by atoms with Gasteiger partial charge < -0.3 is 0 Å². The fraction of sp³-hybridized carbons (Fsp3) is 0.0714. The Hall–Kier alpha value is -2.19. The quantitative estimate of drug-likeness (QED) is 0.731. The Morgan fingerprint density at radius 3 is 2.89 bits per heavy atom. The van der Waals surface area contributed by atoms with Gasteiger partial charge in [0.25, 0.3) is 0 Å². The largest absolute Gasteiger partial charge is 0.285 e. The molecule has 0 radical (unpaired) electrons. The normalized spacial score (nSPS) is 10.5. The summed E-state index contributed by atoms with van der Waals surface area (Å²) in [7, 11) is 0. The third kappa shape index (κ3) is 2.35. The Morgan fingerprint density at radius 2 is 2.11 bits per heavy atom. The molecule has 0 aliphatic rings. The number of hydrogen-bond acceptors (Lipinski definition) is 3. The minimum absolute atomic E-state index is 0.600. The van der Waals surface area contributed by atoms with Gasteiger partial charge in [-0.3, -0.25) is 4.40 Å². The number of halogens is 1. The van der Waals surface area contributed by atoms with Gasteiger partial charge in [0.1, 0.15) is 11.9 Å². The second kappa shape index (κ2) is 4.82. The molecule has 0 aliphatic carbocycles. The predicted molar refractivity (Wildman–Crippen MR) is 74.7 cm³/mol. The number of aromatic nitrogens is 3. The molecule has 0 N–H and O–H groups in total. The lowest BCUT2D eigenvalue weighted by Crippen LogP contribution is -1.97. The predicted octanol–water partition coefficient (Wildman–Crippen LogP) is 2.95. The van der Waals surface area contributed by atoms with E-state index in [1.165, 1.54) is 0 Å². The summed E-state index contributed by atoms with van der Waals surface area (Å²) < 4.78 is 2.90. The summed E-state index contributed by atoms with van der Waals surface area (Å²) in [5, 5.41) is 17.2. The van der Waals surface area contributed by atoms with Crippen molar-refractivity contribution >= 4 is 21.6 Å². The van der Waals surface area contributed by atoms with Crippen molar-refractivity contribution in [2.45, 2.75) is 6.42 Å². The Balaban J connectivity index is 2.03. The van der Waals surface area contributed by atoms with E-state index in [1.807, 2.05) is 22.6 Å². The number of nitrogens with zero attached hydrogens (tertiary/aromatic N) is 4. The fourth-order valence-electron chi connectivity index (χ4n) is 1.95. The first-order valence-corrected chi connectivity index (χ1v) is 6.54. The first-order valence-electron chi connectivity index (χ1n) is 5.74. The van der Waals surface area contributed by atoms with E-state index in [0.29, 0.717) is 12.0 Å². The second-order valence-electron chi connectivity index (χ2n) is 4.18. The average molecular weight is 313 g/mol. The SMILES string of the molecule is N#Cc1ccc2nnc(Cc3cccc(Br)c3)n2c1. The van der Waals surface area contributed by atoms with E-state index in [4.69, 9.17) is 5.26 Å². The first kappa shape index (κ1) is 11.9. The molecule has 0 atom stereocenters. The van der Waals surface area contributed by atoms with E-state index in [1.54, 1.807) is 18.3 Å². The number of hydrogen-bond donors (Lipinski definition) is 0. The van der Waals surface area contributed by atoms with E-state index in [-0.39, 0.29) is 0 Å². The van der Waals surface area contributed by atoms with Crippen LogP contribution in [0.2, 0.25) is 0 Å². The molecule has 19 heavy (non-hydrogen) atoms. The topological polar surface area (TPSA) is 54.0 Å². The minimum atomic E-state index is 0.600. The molecule has 0 saturated carbocycles. The Morgan fingerprint density at radius 1 is 1.21 bits per heavy atom. The van der Waals surface area contributed by atoms with Gasteiger partial charge in [-0.25, -0.2) is 0 Å². The zero-order valence-electron chi connectivity index (χ0n) is 9.92. The van der Waals surface area contributed by atoms with Crippen LogP contribution in [0.15, 0.2) is 47.1 Å². The van der Waals surface area contributed by atoms with Crippen molar-refractivity contribution in [3.63, 3.8) is 0 Å². The van der Waals surface area contributed by atoms with Gasteiger partial charge in [0.05, 0.1) is 5.56 Å². The molecule has 3 aromatic rings. The second-order valence-corrected chi connectivity index (χ2v) is 5.10. The molecular weight excluding hydrogens is 304 g/mol. The molecule has 0 spiro atoms. The molecule has 2 heterocycles. The van der Waals surface area contributed by atoms with Gasteiger partial charge in [-0.15, -0.1) is 10.2 Å². The Bertz CT molecular complexity index is 785. The molecule has 3 rings (SSSR count). The number of rotatable bonds is 2. The zero-order valence-corrected chi connectivity index (χ0v) is 11.5. The number of benzene rings is 1. The maximum atomic E-state index is 8.94. The summed E-state index contributed by atoms with van der Waals surface area (Å²) in [4.78, 5) is 0. The highest BCUT2D eigenvalue weighted by atomic mass is 79.9. The van der Waals surface area contributed by atoms with Gasteiger partial charge in [0, 0.05) is 17.1 Å². The molecular formula is C14H9BrN4. The molecule has 4 nitrogen and oxygen atoms in total. The van der Waals surface area contributed by atoms with Gasteiger partial charge in [0.2, 0.25) is 0 Å². The van der Waals surface area contributed by atoms with Crippen molar-refractivity contribution in [2.75, 3.05) is 0 Å². The third-order valence-corrected chi connectivity index (χ3v) is 3.35. The smallest absolute Gasteiger partial charge is 0.160 e. The van der Waals surface area contributed by atoms with Crippen LogP contribution in [-0.2, 0) is 6.42 Å². The van der Waals surface area contributed by atoms with Crippen molar-refractivity contribution < 1.29 is 0 Å². The lowest BCUT2D eigenvalue weighted by atomic mass is 10.1. The molecule has 0 amide bonds. The van der Waals surface area contributed by atoms with Crippen molar-refractivity contribution in [2.24, 2.45) is 0 Å². The molecule has 1 aromatic carbocycles. The van der Waals surface area contributed by atoms with Gasteiger partial charge in [-0.1, -0.05) is 28.1 Å². The summed E-state index contributed by atoms with van der Waals surface area (Å²) >= 11 is 3.45. The summed E-state index contributed by atoms with van der Waals surface area (Å²) in [6.07, 6.45) is 2.44. The molecule has 5 heteroatoms. The summed E-state index contributed by atoms with van der Waals surface area (Å²) in [5.74, 6) is 0.824. The lowest BCUT2D eigenvalue weighted by Gasteiger charge is -2.01. The highest BCUT2D eigenvalue weighted by molar-refractivity contribution is 9.10. The molecule has 0 bridgehead atoms. The van der Waals surface area contributed by atoms with Crippen molar-refractivity contribution in [3.05, 3.63) is 64.0 Å². The average Bonchev–Trinajstić information content (AvgIpc) is 2.81. The van der Waals surface area contributed by atoms with Gasteiger partial charge in [-0.2, -0.15) is 5.26 Å².